The summed E-state index contributed by atoms with van der Waals surface area (Å²) in [5, 5.41) is 10.2. The van der Waals surface area contributed by atoms with Crippen molar-refractivity contribution in [1.29, 1.82) is 0 Å². The molecule has 6 heteroatoms. The van der Waals surface area contributed by atoms with Gasteiger partial charge in [0, 0.05) is 6.20 Å². The first-order valence-corrected chi connectivity index (χ1v) is 7.89. The summed E-state index contributed by atoms with van der Waals surface area (Å²) in [6, 6.07) is 4.59. The molecule has 1 aliphatic rings. The highest BCUT2D eigenvalue weighted by molar-refractivity contribution is 5.82. The lowest BCUT2D eigenvalue weighted by atomic mass is 10.1. The van der Waals surface area contributed by atoms with Crippen LogP contribution in [-0.4, -0.2) is 28.3 Å². The van der Waals surface area contributed by atoms with Crippen molar-refractivity contribution in [2.75, 3.05) is 6.54 Å². The molecule has 0 aliphatic carbocycles. The monoisotopic (exact) mass is 316 g/mol. The summed E-state index contributed by atoms with van der Waals surface area (Å²) in [6.07, 6.45) is 5.32. The Morgan fingerprint density at radius 3 is 2.96 bits per heavy atom. The molecular formula is C17H21FN4O. The zero-order chi connectivity index (χ0) is 16.4. The van der Waals surface area contributed by atoms with Crippen molar-refractivity contribution in [3.05, 3.63) is 47.5 Å². The number of amides is 1. The predicted octanol–water partition coefficient (Wildman–Crippen LogP) is 2.25. The molecule has 2 N–H and O–H groups in total. The average Bonchev–Trinajstić information content (AvgIpc) is 3.18. The fourth-order valence-corrected chi connectivity index (χ4v) is 2.83. The van der Waals surface area contributed by atoms with E-state index in [1.165, 1.54) is 10.7 Å². The average molecular weight is 316 g/mol. The van der Waals surface area contributed by atoms with E-state index in [0.29, 0.717) is 5.69 Å². The zero-order valence-corrected chi connectivity index (χ0v) is 13.3. The van der Waals surface area contributed by atoms with Crippen LogP contribution in [-0.2, 0) is 4.79 Å². The number of nitrogens with zero attached hydrogens (tertiary/aromatic N) is 2. The molecular weight excluding hydrogens is 295 g/mol. The van der Waals surface area contributed by atoms with Crippen LogP contribution in [0.2, 0.25) is 0 Å². The van der Waals surface area contributed by atoms with Gasteiger partial charge in [-0.3, -0.25) is 4.79 Å². The smallest absolute Gasteiger partial charge is 0.237 e. The highest BCUT2D eigenvalue weighted by Crippen LogP contribution is 2.20. The number of hydrogen-bond donors (Lipinski definition) is 2. The van der Waals surface area contributed by atoms with Crippen LogP contribution in [0.3, 0.4) is 0 Å². The molecule has 0 saturated carbocycles. The highest BCUT2D eigenvalue weighted by Gasteiger charge is 2.23. The van der Waals surface area contributed by atoms with E-state index in [1.54, 1.807) is 18.5 Å². The number of carbonyl (C=O) groups excluding carboxylic acids is 1. The Bertz CT molecular complexity index is 706. The molecule has 2 aromatic rings. The van der Waals surface area contributed by atoms with E-state index in [1.807, 2.05) is 19.9 Å². The van der Waals surface area contributed by atoms with Gasteiger partial charge in [-0.1, -0.05) is 6.07 Å². The van der Waals surface area contributed by atoms with Crippen molar-refractivity contribution in [3.8, 4) is 5.69 Å². The van der Waals surface area contributed by atoms with Crippen LogP contribution in [0.1, 0.15) is 36.9 Å². The summed E-state index contributed by atoms with van der Waals surface area (Å²) >= 11 is 0. The Balaban J connectivity index is 1.72. The lowest BCUT2D eigenvalue weighted by Gasteiger charge is -2.18. The number of carbonyl (C=O) groups is 1. The molecule has 0 bridgehead atoms. The molecule has 0 radical (unpaired) electrons. The van der Waals surface area contributed by atoms with Gasteiger partial charge in [0.15, 0.2) is 0 Å². The van der Waals surface area contributed by atoms with E-state index >= 15 is 0 Å². The Hall–Kier alpha value is -2.21. The van der Waals surface area contributed by atoms with Crippen LogP contribution in [0, 0.1) is 12.7 Å². The van der Waals surface area contributed by atoms with Gasteiger partial charge in [-0.2, -0.15) is 5.10 Å². The van der Waals surface area contributed by atoms with Gasteiger partial charge in [-0.05, 0) is 56.5 Å². The second-order valence-corrected chi connectivity index (χ2v) is 6.05. The van der Waals surface area contributed by atoms with Gasteiger partial charge in [0.25, 0.3) is 0 Å². The lowest BCUT2D eigenvalue weighted by Crippen LogP contribution is -2.41. The van der Waals surface area contributed by atoms with Gasteiger partial charge < -0.3 is 10.6 Å². The molecule has 0 spiro atoms. The number of rotatable bonds is 4. The van der Waals surface area contributed by atoms with Crippen molar-refractivity contribution >= 4 is 5.91 Å². The third-order valence-corrected chi connectivity index (χ3v) is 4.17. The van der Waals surface area contributed by atoms with Crippen LogP contribution < -0.4 is 10.6 Å². The first-order chi connectivity index (χ1) is 11.0. The van der Waals surface area contributed by atoms with Crippen molar-refractivity contribution in [2.45, 2.75) is 38.8 Å². The third kappa shape index (κ3) is 3.42. The third-order valence-electron chi connectivity index (χ3n) is 4.17. The molecule has 1 aliphatic heterocycles. The van der Waals surface area contributed by atoms with Gasteiger partial charge >= 0.3 is 0 Å². The van der Waals surface area contributed by atoms with E-state index in [-0.39, 0.29) is 23.8 Å². The molecule has 23 heavy (non-hydrogen) atoms. The summed E-state index contributed by atoms with van der Waals surface area (Å²) in [5.41, 5.74) is 2.11. The zero-order valence-electron chi connectivity index (χ0n) is 13.3. The summed E-state index contributed by atoms with van der Waals surface area (Å²) in [4.78, 5) is 12.1. The second kappa shape index (κ2) is 6.50. The predicted molar refractivity (Wildman–Crippen MR) is 85.8 cm³/mol. The fourth-order valence-electron chi connectivity index (χ4n) is 2.83. The summed E-state index contributed by atoms with van der Waals surface area (Å²) in [6.45, 7) is 4.64. The largest absolute Gasteiger partial charge is 0.348 e. The first-order valence-electron chi connectivity index (χ1n) is 7.89. The van der Waals surface area contributed by atoms with Crippen molar-refractivity contribution in [3.63, 3.8) is 0 Å². The Morgan fingerprint density at radius 2 is 2.35 bits per heavy atom. The highest BCUT2D eigenvalue weighted by atomic mass is 19.1. The molecule has 1 fully saturated rings. The Kier molecular flexibility index (Phi) is 4.43. The minimum absolute atomic E-state index is 0.0258. The van der Waals surface area contributed by atoms with Crippen molar-refractivity contribution in [2.24, 2.45) is 0 Å². The lowest BCUT2D eigenvalue weighted by molar-refractivity contribution is -0.123. The number of halogens is 1. The van der Waals surface area contributed by atoms with Crippen LogP contribution >= 0.6 is 0 Å². The molecule has 0 unspecified atom stereocenters. The minimum Gasteiger partial charge on any atom is -0.348 e. The molecule has 1 aromatic heterocycles. The van der Waals surface area contributed by atoms with Crippen molar-refractivity contribution in [1.82, 2.24) is 20.4 Å². The molecule has 5 nitrogen and oxygen atoms in total. The summed E-state index contributed by atoms with van der Waals surface area (Å²) in [5.74, 6) is -0.382. The SMILES string of the molecule is Cc1cnn(-c2ccc([C@H](C)NC(=O)[C@H]3CCCN3)cc2F)c1. The maximum Gasteiger partial charge on any atom is 0.237 e. The maximum absolute atomic E-state index is 14.4. The Labute approximate surface area is 134 Å². The number of hydrogen-bond acceptors (Lipinski definition) is 3. The molecule has 3 rings (SSSR count). The topological polar surface area (TPSA) is 59.0 Å². The quantitative estimate of drug-likeness (QED) is 0.909. The van der Waals surface area contributed by atoms with Gasteiger partial charge in [-0.25, -0.2) is 9.07 Å². The number of benzene rings is 1. The number of aryl methyl sites for hydroxylation is 1. The molecule has 1 aromatic carbocycles. The number of nitrogens with one attached hydrogen (secondary N) is 2. The molecule has 122 valence electrons. The van der Waals surface area contributed by atoms with E-state index in [0.717, 1.165) is 30.5 Å². The van der Waals surface area contributed by atoms with Gasteiger partial charge in [0.1, 0.15) is 11.5 Å². The van der Waals surface area contributed by atoms with Crippen LogP contribution in [0.15, 0.2) is 30.6 Å². The Morgan fingerprint density at radius 1 is 1.52 bits per heavy atom. The van der Waals surface area contributed by atoms with Crippen LogP contribution in [0.4, 0.5) is 4.39 Å². The second-order valence-electron chi connectivity index (χ2n) is 6.05. The molecule has 1 saturated heterocycles. The first kappa shape index (κ1) is 15.7. The molecule has 2 atom stereocenters. The molecule has 1 amide bonds. The van der Waals surface area contributed by atoms with Crippen LogP contribution in [0.25, 0.3) is 5.69 Å². The van der Waals surface area contributed by atoms with Gasteiger partial charge in [0.2, 0.25) is 5.91 Å². The summed E-state index contributed by atoms with van der Waals surface area (Å²) in [7, 11) is 0. The number of aromatic nitrogens is 2. The van der Waals surface area contributed by atoms with Gasteiger partial charge in [0.05, 0.1) is 18.3 Å². The maximum atomic E-state index is 14.4. The summed E-state index contributed by atoms with van der Waals surface area (Å²) < 4.78 is 15.9. The van der Waals surface area contributed by atoms with Gasteiger partial charge in [-0.15, -0.1) is 0 Å². The molecule has 2 heterocycles. The normalized spacial score (nSPS) is 18.8. The van der Waals surface area contributed by atoms with Crippen molar-refractivity contribution < 1.29 is 9.18 Å². The fraction of sp³-hybridized carbons (Fsp3) is 0.412. The minimum atomic E-state index is -0.356. The standard InChI is InChI=1S/C17H21FN4O/c1-11-9-20-22(10-11)16-6-5-13(8-14(16)18)12(2)21-17(23)15-4-3-7-19-15/h5-6,8-10,12,15,19H,3-4,7H2,1-2H3,(H,21,23)/t12-,15+/m0/s1. The van der Waals surface area contributed by atoms with E-state index in [9.17, 15) is 9.18 Å². The van der Waals surface area contributed by atoms with E-state index < -0.39 is 0 Å². The van der Waals surface area contributed by atoms with E-state index in [4.69, 9.17) is 0 Å². The van der Waals surface area contributed by atoms with Crippen LogP contribution in [0.5, 0.6) is 0 Å². The van der Waals surface area contributed by atoms with E-state index in [2.05, 4.69) is 15.7 Å².